The van der Waals surface area contributed by atoms with Gasteiger partial charge in [0.05, 0.1) is 5.25 Å². The van der Waals surface area contributed by atoms with Crippen LogP contribution in [0.25, 0.3) is 0 Å². The van der Waals surface area contributed by atoms with Gasteiger partial charge in [-0.3, -0.25) is 24.1 Å². The molecule has 0 aromatic rings. The van der Waals surface area contributed by atoms with E-state index < -0.39 is 17.2 Å². The Balaban J connectivity index is 2.07. The van der Waals surface area contributed by atoms with E-state index in [2.05, 4.69) is 22.1 Å². The first-order valence-corrected chi connectivity index (χ1v) is 7.24. The van der Waals surface area contributed by atoms with Gasteiger partial charge in [-0.2, -0.15) is 12.6 Å². The minimum Gasteiger partial charge on any atom is -0.428 e. The molecule has 1 heterocycles. The van der Waals surface area contributed by atoms with E-state index in [4.69, 9.17) is 0 Å². The van der Waals surface area contributed by atoms with Gasteiger partial charge < -0.3 is 9.47 Å². The lowest BCUT2D eigenvalue weighted by Crippen LogP contribution is -2.31. The van der Waals surface area contributed by atoms with Crippen molar-refractivity contribution in [2.75, 3.05) is 13.3 Å². The Morgan fingerprint density at radius 3 is 2.52 bits per heavy atom. The minimum atomic E-state index is -0.520. The van der Waals surface area contributed by atoms with Crippen molar-refractivity contribution in [1.82, 2.24) is 4.90 Å². The molecule has 0 aromatic heterocycles. The van der Waals surface area contributed by atoms with Crippen molar-refractivity contribution in [3.8, 4) is 0 Å². The number of imide groups is 1. The van der Waals surface area contributed by atoms with E-state index >= 15 is 0 Å². The fourth-order valence-corrected chi connectivity index (χ4v) is 2.16. The number of thiol groups is 1. The zero-order valence-electron chi connectivity index (χ0n) is 11.9. The van der Waals surface area contributed by atoms with Gasteiger partial charge in [-0.25, -0.2) is 0 Å². The van der Waals surface area contributed by atoms with Gasteiger partial charge in [0.2, 0.25) is 18.6 Å². The number of carbonyl (C=O) groups is 4. The van der Waals surface area contributed by atoms with Gasteiger partial charge in [-0.05, 0) is 12.8 Å². The molecule has 1 saturated heterocycles. The number of hydrogen-bond donors (Lipinski definition) is 1. The minimum absolute atomic E-state index is 0.157. The highest BCUT2D eigenvalue weighted by Gasteiger charge is 2.35. The Morgan fingerprint density at radius 2 is 1.95 bits per heavy atom. The van der Waals surface area contributed by atoms with Crippen molar-refractivity contribution in [3.63, 3.8) is 0 Å². The second kappa shape index (κ2) is 8.66. The molecule has 21 heavy (non-hydrogen) atoms. The largest absolute Gasteiger partial charge is 0.428 e. The number of nitrogens with zero attached hydrogens (tertiary/aromatic N) is 1. The van der Waals surface area contributed by atoms with E-state index in [0.717, 1.165) is 0 Å². The molecule has 1 unspecified atom stereocenters. The molecule has 7 nitrogen and oxygen atoms in total. The van der Waals surface area contributed by atoms with Crippen molar-refractivity contribution < 1.29 is 28.7 Å². The van der Waals surface area contributed by atoms with Crippen molar-refractivity contribution in [3.05, 3.63) is 0 Å². The van der Waals surface area contributed by atoms with Gasteiger partial charge in [0.1, 0.15) is 0 Å². The molecule has 0 N–H and O–H groups in total. The molecule has 0 radical (unpaired) electrons. The molecule has 118 valence electrons. The summed E-state index contributed by atoms with van der Waals surface area (Å²) < 4.78 is 9.14. The van der Waals surface area contributed by atoms with Crippen LogP contribution in [0.4, 0.5) is 0 Å². The molecule has 1 aliphatic heterocycles. The summed E-state index contributed by atoms with van der Waals surface area (Å²) in [6, 6.07) is 0. The van der Waals surface area contributed by atoms with E-state index in [1.165, 1.54) is 11.8 Å². The number of likely N-dealkylation sites (tertiary alicyclic amines) is 1. The van der Waals surface area contributed by atoms with Crippen molar-refractivity contribution in [2.24, 2.45) is 0 Å². The van der Waals surface area contributed by atoms with Gasteiger partial charge in [-0.1, -0.05) is 6.42 Å². The lowest BCUT2D eigenvalue weighted by Gasteiger charge is -2.13. The maximum Gasteiger partial charge on any atom is 0.308 e. The van der Waals surface area contributed by atoms with Crippen molar-refractivity contribution in [1.29, 1.82) is 0 Å². The predicted molar refractivity (Wildman–Crippen MR) is 75.3 cm³/mol. The van der Waals surface area contributed by atoms with Crippen LogP contribution < -0.4 is 0 Å². The van der Waals surface area contributed by atoms with Crippen LogP contribution in [0.5, 0.6) is 0 Å². The zero-order valence-corrected chi connectivity index (χ0v) is 12.8. The topological polar surface area (TPSA) is 90.0 Å². The molecule has 1 fully saturated rings. The summed E-state index contributed by atoms with van der Waals surface area (Å²) in [4.78, 5) is 46.0. The molecule has 1 rings (SSSR count). The first kappa shape index (κ1) is 17.5. The maximum atomic E-state index is 11.6. The molecule has 1 atom stereocenters. The number of carbonyl (C=O) groups excluding carboxylic acids is 4. The fourth-order valence-electron chi connectivity index (χ4n) is 1.87. The predicted octanol–water partition coefficient (Wildman–Crippen LogP) is 0.668. The first-order valence-electron chi connectivity index (χ1n) is 6.73. The molecule has 0 aromatic carbocycles. The average molecular weight is 317 g/mol. The zero-order chi connectivity index (χ0) is 15.8. The second-order valence-corrected chi connectivity index (χ2v) is 5.31. The summed E-state index contributed by atoms with van der Waals surface area (Å²) in [5.74, 6) is -1.39. The van der Waals surface area contributed by atoms with Crippen LogP contribution in [0.2, 0.25) is 0 Å². The molecule has 2 amide bonds. The van der Waals surface area contributed by atoms with Gasteiger partial charge >= 0.3 is 11.9 Å². The molecule has 0 bridgehead atoms. The summed E-state index contributed by atoms with van der Waals surface area (Å²) >= 11 is 4.03. The Labute approximate surface area is 128 Å². The quantitative estimate of drug-likeness (QED) is 0.233. The molecular weight excluding hydrogens is 298 g/mol. The van der Waals surface area contributed by atoms with Crippen molar-refractivity contribution in [2.45, 2.75) is 44.3 Å². The van der Waals surface area contributed by atoms with Crippen LogP contribution in [0.15, 0.2) is 0 Å². The highest BCUT2D eigenvalue weighted by molar-refractivity contribution is 7.81. The molecule has 1 aliphatic rings. The summed E-state index contributed by atoms with van der Waals surface area (Å²) in [6.07, 6.45) is 2.27. The maximum absolute atomic E-state index is 11.6. The normalized spacial score (nSPS) is 18.0. The highest BCUT2D eigenvalue weighted by atomic mass is 32.1. The number of hydrogen-bond acceptors (Lipinski definition) is 7. The number of amides is 2. The van der Waals surface area contributed by atoms with E-state index in [1.807, 2.05) is 0 Å². The second-order valence-electron chi connectivity index (χ2n) is 4.68. The van der Waals surface area contributed by atoms with Gasteiger partial charge in [-0.15, -0.1) is 0 Å². The molecule has 0 aliphatic carbocycles. The molecule has 8 heteroatoms. The van der Waals surface area contributed by atoms with E-state index in [-0.39, 0.29) is 31.4 Å². The molecule has 0 spiro atoms. The monoisotopic (exact) mass is 317 g/mol. The first-order chi connectivity index (χ1) is 9.91. The third kappa shape index (κ3) is 6.16. The summed E-state index contributed by atoms with van der Waals surface area (Å²) in [7, 11) is 0. The van der Waals surface area contributed by atoms with E-state index in [1.54, 1.807) is 0 Å². The summed E-state index contributed by atoms with van der Waals surface area (Å²) in [5.41, 5.74) is 0. The number of unbranched alkanes of at least 4 members (excludes halogenated alkanes) is 2. The standard InChI is InChI=1S/C13H19NO6S/c1-9(15)19-8-20-12(17)5-3-2-4-6-14-11(16)7-10(21)13(14)18/h10,21H,2-8H2,1H3. The molecular formula is C13H19NO6S. The van der Waals surface area contributed by atoms with Gasteiger partial charge in [0, 0.05) is 26.3 Å². The van der Waals surface area contributed by atoms with Crippen LogP contribution in [0.1, 0.15) is 39.0 Å². The van der Waals surface area contributed by atoms with E-state index in [0.29, 0.717) is 25.8 Å². The Morgan fingerprint density at radius 1 is 1.24 bits per heavy atom. The van der Waals surface area contributed by atoms with E-state index in [9.17, 15) is 19.2 Å². The van der Waals surface area contributed by atoms with Crippen molar-refractivity contribution >= 4 is 36.4 Å². The van der Waals surface area contributed by atoms with Gasteiger partial charge in [0.15, 0.2) is 0 Å². The SMILES string of the molecule is CC(=O)OCOC(=O)CCCCCN1C(=O)CC(S)C1=O. The number of esters is 2. The Kier molecular flexibility index (Phi) is 7.21. The van der Waals surface area contributed by atoms with Crippen LogP contribution in [-0.4, -0.2) is 47.2 Å². The van der Waals surface area contributed by atoms with Crippen LogP contribution in [0, 0.1) is 0 Å². The number of ether oxygens (including phenoxy) is 2. The lowest BCUT2D eigenvalue weighted by molar-refractivity contribution is -0.165. The summed E-state index contributed by atoms with van der Waals surface area (Å²) in [6.45, 7) is 1.22. The Bertz CT molecular complexity index is 425. The number of rotatable bonds is 8. The van der Waals surface area contributed by atoms with Crippen LogP contribution in [-0.2, 0) is 28.7 Å². The smallest absolute Gasteiger partial charge is 0.308 e. The summed E-state index contributed by atoms with van der Waals surface area (Å²) in [5, 5.41) is -0.520. The highest BCUT2D eigenvalue weighted by Crippen LogP contribution is 2.18. The van der Waals surface area contributed by atoms with Crippen LogP contribution in [0.3, 0.4) is 0 Å². The third-order valence-electron chi connectivity index (χ3n) is 2.96. The molecule has 0 saturated carbocycles. The third-order valence-corrected chi connectivity index (χ3v) is 3.37. The Hall–Kier alpha value is -1.57. The fraction of sp³-hybridized carbons (Fsp3) is 0.692. The lowest BCUT2D eigenvalue weighted by atomic mass is 10.2. The average Bonchev–Trinajstić information content (AvgIpc) is 2.64. The van der Waals surface area contributed by atoms with Gasteiger partial charge in [0.25, 0.3) is 0 Å². The van der Waals surface area contributed by atoms with Crippen LogP contribution >= 0.6 is 12.6 Å².